The Labute approximate surface area is 158 Å². The van der Waals surface area contributed by atoms with Gasteiger partial charge in [-0.2, -0.15) is 5.10 Å². The summed E-state index contributed by atoms with van der Waals surface area (Å²) in [6, 6.07) is 9.82. The molecule has 2 aromatic rings. The van der Waals surface area contributed by atoms with E-state index in [1.54, 1.807) is 6.20 Å². The highest BCUT2D eigenvalue weighted by Gasteiger charge is 2.30. The van der Waals surface area contributed by atoms with E-state index in [0.717, 1.165) is 43.8 Å². The van der Waals surface area contributed by atoms with Gasteiger partial charge in [-0.15, -0.1) is 0 Å². The van der Waals surface area contributed by atoms with Gasteiger partial charge in [0.2, 0.25) is 0 Å². The Hall–Kier alpha value is -1.85. The molecule has 0 aliphatic carbocycles. The molecule has 0 amide bonds. The lowest BCUT2D eigenvalue weighted by molar-refractivity contribution is 0.0531. The molecule has 6 heteroatoms. The third kappa shape index (κ3) is 3.64. The first-order valence-corrected chi connectivity index (χ1v) is 9.76. The molecule has 0 radical (unpaired) electrons. The van der Waals surface area contributed by atoms with Gasteiger partial charge in [-0.25, -0.2) is 4.68 Å². The number of nitrogens with zero attached hydrogens (tertiary/aromatic N) is 3. The molecule has 1 atom stereocenters. The minimum absolute atomic E-state index is 0.228. The lowest BCUT2D eigenvalue weighted by atomic mass is 9.89. The smallest absolute Gasteiger partial charge is 0.287 e. The van der Waals surface area contributed by atoms with E-state index in [2.05, 4.69) is 10.00 Å². The van der Waals surface area contributed by atoms with Crippen molar-refractivity contribution >= 4 is 17.3 Å². The van der Waals surface area contributed by atoms with E-state index >= 15 is 0 Å². The fourth-order valence-electron chi connectivity index (χ4n) is 4.03. The molecule has 3 heterocycles. The van der Waals surface area contributed by atoms with Crippen molar-refractivity contribution in [2.75, 3.05) is 24.6 Å². The lowest BCUT2D eigenvalue weighted by Crippen LogP contribution is -2.39. The van der Waals surface area contributed by atoms with Crippen LogP contribution >= 0.6 is 11.6 Å². The molecule has 1 aromatic heterocycles. The van der Waals surface area contributed by atoms with Gasteiger partial charge >= 0.3 is 0 Å². The fraction of sp³-hybridized carbons (Fsp3) is 0.500. The largest absolute Gasteiger partial charge is 0.378 e. The average Bonchev–Trinajstić information content (AvgIpc) is 3.22. The Morgan fingerprint density at radius 3 is 2.62 bits per heavy atom. The summed E-state index contributed by atoms with van der Waals surface area (Å²) in [5.74, 6) is 0.624. The maximum Gasteiger partial charge on any atom is 0.287 e. The van der Waals surface area contributed by atoms with E-state index < -0.39 is 0 Å². The average molecular weight is 374 g/mol. The molecule has 4 rings (SSSR count). The highest BCUT2D eigenvalue weighted by molar-refractivity contribution is 6.33. The van der Waals surface area contributed by atoms with Crippen LogP contribution < -0.4 is 10.5 Å². The van der Waals surface area contributed by atoms with Crippen molar-refractivity contribution in [1.29, 1.82) is 0 Å². The van der Waals surface area contributed by atoms with Crippen molar-refractivity contribution in [2.24, 2.45) is 5.92 Å². The van der Waals surface area contributed by atoms with Gasteiger partial charge in [0.05, 0.1) is 24.5 Å². The fourth-order valence-corrected chi connectivity index (χ4v) is 4.30. The minimum Gasteiger partial charge on any atom is -0.378 e. The zero-order valence-corrected chi connectivity index (χ0v) is 15.6. The van der Waals surface area contributed by atoms with Crippen molar-refractivity contribution in [2.45, 2.75) is 38.3 Å². The van der Waals surface area contributed by atoms with Crippen LogP contribution in [0.1, 0.15) is 31.2 Å². The Balaban J connectivity index is 1.46. The quantitative estimate of drug-likeness (QED) is 0.824. The van der Waals surface area contributed by atoms with Crippen molar-refractivity contribution in [3.63, 3.8) is 0 Å². The molecule has 2 fully saturated rings. The Morgan fingerprint density at radius 1 is 1.15 bits per heavy atom. The van der Waals surface area contributed by atoms with Gasteiger partial charge in [0.15, 0.2) is 0 Å². The van der Waals surface area contributed by atoms with Crippen LogP contribution in [0.15, 0.2) is 41.3 Å². The van der Waals surface area contributed by atoms with Gasteiger partial charge in [0, 0.05) is 19.7 Å². The third-order valence-corrected chi connectivity index (χ3v) is 5.87. The number of piperidine rings is 1. The highest BCUT2D eigenvalue weighted by atomic mass is 35.5. The number of aromatic nitrogens is 2. The molecule has 1 unspecified atom stereocenters. The van der Waals surface area contributed by atoms with Crippen LogP contribution in [0.4, 0.5) is 5.69 Å². The first-order chi connectivity index (χ1) is 12.7. The highest BCUT2D eigenvalue weighted by Crippen LogP contribution is 2.32. The molecule has 0 bridgehead atoms. The molecule has 26 heavy (non-hydrogen) atoms. The van der Waals surface area contributed by atoms with Gasteiger partial charge in [0.1, 0.15) is 5.02 Å². The maximum absolute atomic E-state index is 12.6. The van der Waals surface area contributed by atoms with Crippen molar-refractivity contribution < 1.29 is 4.74 Å². The van der Waals surface area contributed by atoms with Crippen molar-refractivity contribution in [3.8, 4) is 0 Å². The van der Waals surface area contributed by atoms with E-state index in [-0.39, 0.29) is 10.6 Å². The molecule has 0 N–H and O–H groups in total. The number of halogens is 1. The van der Waals surface area contributed by atoms with Gasteiger partial charge in [-0.3, -0.25) is 4.79 Å². The number of hydrogen-bond donors (Lipinski definition) is 0. The summed E-state index contributed by atoms with van der Waals surface area (Å²) < 4.78 is 7.27. The summed E-state index contributed by atoms with van der Waals surface area (Å²) in [7, 11) is 0. The van der Waals surface area contributed by atoms with E-state index in [1.807, 2.05) is 30.3 Å². The normalized spacial score (nSPS) is 21.3. The van der Waals surface area contributed by atoms with Gasteiger partial charge in [0.25, 0.3) is 5.56 Å². The minimum atomic E-state index is -0.228. The van der Waals surface area contributed by atoms with Crippen LogP contribution in [0.5, 0.6) is 0 Å². The van der Waals surface area contributed by atoms with Crippen LogP contribution in [0, 0.1) is 5.92 Å². The predicted octanol–water partition coefficient (Wildman–Crippen LogP) is 3.34. The second-order valence-corrected chi connectivity index (χ2v) is 7.55. The van der Waals surface area contributed by atoms with Gasteiger partial charge < -0.3 is 9.64 Å². The SMILES string of the molecule is O=c1c(Cl)c(N2CCC(C3CCCO3)CC2)cnn1Cc1ccccc1. The molecule has 2 aliphatic heterocycles. The Kier molecular flexibility index (Phi) is 5.27. The number of anilines is 1. The zero-order valence-electron chi connectivity index (χ0n) is 14.8. The molecule has 2 saturated heterocycles. The lowest BCUT2D eigenvalue weighted by Gasteiger charge is -2.35. The summed E-state index contributed by atoms with van der Waals surface area (Å²) in [5, 5.41) is 4.63. The van der Waals surface area contributed by atoms with E-state index in [1.165, 1.54) is 17.5 Å². The molecular formula is C20H24ClN3O2. The van der Waals surface area contributed by atoms with Crippen LogP contribution in [-0.2, 0) is 11.3 Å². The van der Waals surface area contributed by atoms with Crippen LogP contribution in [-0.4, -0.2) is 35.6 Å². The number of hydrogen-bond acceptors (Lipinski definition) is 4. The zero-order chi connectivity index (χ0) is 17.9. The number of benzene rings is 1. The van der Waals surface area contributed by atoms with E-state index in [9.17, 15) is 4.79 Å². The molecule has 0 spiro atoms. The molecule has 138 valence electrons. The van der Waals surface area contributed by atoms with Gasteiger partial charge in [-0.05, 0) is 37.2 Å². The molecule has 5 nitrogen and oxygen atoms in total. The molecule has 1 aromatic carbocycles. The van der Waals surface area contributed by atoms with Gasteiger partial charge in [-0.1, -0.05) is 41.9 Å². The van der Waals surface area contributed by atoms with Crippen LogP contribution in [0.2, 0.25) is 5.02 Å². The maximum atomic E-state index is 12.6. The van der Waals surface area contributed by atoms with Crippen molar-refractivity contribution in [3.05, 3.63) is 57.5 Å². The number of rotatable bonds is 4. The van der Waals surface area contributed by atoms with E-state index in [0.29, 0.717) is 18.6 Å². The monoisotopic (exact) mass is 373 g/mol. The summed E-state index contributed by atoms with van der Waals surface area (Å²) in [6.45, 7) is 3.13. The summed E-state index contributed by atoms with van der Waals surface area (Å²) >= 11 is 6.42. The second kappa shape index (κ2) is 7.80. The molecular weight excluding hydrogens is 350 g/mol. The van der Waals surface area contributed by atoms with Crippen molar-refractivity contribution in [1.82, 2.24) is 9.78 Å². The third-order valence-electron chi connectivity index (χ3n) is 5.51. The predicted molar refractivity (Wildman–Crippen MR) is 103 cm³/mol. The van der Waals surface area contributed by atoms with E-state index in [4.69, 9.17) is 16.3 Å². The topological polar surface area (TPSA) is 47.4 Å². The Bertz CT molecular complexity index is 794. The summed E-state index contributed by atoms with van der Waals surface area (Å²) in [5.41, 5.74) is 1.56. The first kappa shape index (κ1) is 17.6. The van der Waals surface area contributed by atoms with Crippen LogP contribution in [0.3, 0.4) is 0 Å². The van der Waals surface area contributed by atoms with Crippen LogP contribution in [0.25, 0.3) is 0 Å². The summed E-state index contributed by atoms with van der Waals surface area (Å²) in [6.07, 6.45) is 6.67. The second-order valence-electron chi connectivity index (χ2n) is 7.17. The number of ether oxygens (including phenoxy) is 1. The molecule has 0 saturated carbocycles. The molecule has 2 aliphatic rings. The first-order valence-electron chi connectivity index (χ1n) is 9.38. The standard InChI is InChI=1S/C20H24ClN3O2/c21-19-17(23-10-8-16(9-11-23)18-7-4-12-26-18)13-22-24(20(19)25)14-15-5-2-1-3-6-15/h1-3,5-6,13,16,18H,4,7-12,14H2. The Morgan fingerprint density at radius 2 is 1.92 bits per heavy atom. The summed E-state index contributed by atoms with van der Waals surface area (Å²) in [4.78, 5) is 14.8.